The molecular weight excluding hydrogens is 324 g/mol. The molecule has 138 valence electrons. The Hall–Kier alpha value is -2.24. The normalized spacial score (nSPS) is 15.8. The molecule has 2 heterocycles. The largest absolute Gasteiger partial charge is 0.325 e. The Morgan fingerprint density at radius 3 is 2.54 bits per heavy atom. The lowest BCUT2D eigenvalue weighted by Gasteiger charge is -2.34. The highest BCUT2D eigenvalue weighted by Crippen LogP contribution is 2.16. The SMILES string of the molecule is Cc1ccc(C)c(NC(=O)CN2CCN(Cc3cccnc3C)CC2)c1. The van der Waals surface area contributed by atoms with Crippen LogP contribution in [-0.2, 0) is 11.3 Å². The van der Waals surface area contributed by atoms with Gasteiger partial charge in [0.25, 0.3) is 0 Å². The maximum Gasteiger partial charge on any atom is 0.238 e. The number of pyridine rings is 1. The highest BCUT2D eigenvalue weighted by molar-refractivity contribution is 5.93. The van der Waals surface area contributed by atoms with Crippen molar-refractivity contribution in [2.75, 3.05) is 38.0 Å². The third-order valence-corrected chi connectivity index (χ3v) is 5.01. The Morgan fingerprint density at radius 1 is 1.08 bits per heavy atom. The molecule has 1 amide bonds. The number of hydrogen-bond acceptors (Lipinski definition) is 4. The Morgan fingerprint density at radius 2 is 1.81 bits per heavy atom. The van der Waals surface area contributed by atoms with Gasteiger partial charge >= 0.3 is 0 Å². The molecule has 1 fully saturated rings. The molecule has 1 aromatic carbocycles. The fraction of sp³-hybridized carbons (Fsp3) is 0.429. The van der Waals surface area contributed by atoms with Crippen LogP contribution in [-0.4, -0.2) is 53.4 Å². The van der Waals surface area contributed by atoms with E-state index in [4.69, 9.17) is 0 Å². The average Bonchev–Trinajstić information content (AvgIpc) is 2.62. The molecule has 3 rings (SSSR count). The van der Waals surface area contributed by atoms with Crippen LogP contribution in [0, 0.1) is 20.8 Å². The van der Waals surface area contributed by atoms with Crippen LogP contribution >= 0.6 is 0 Å². The van der Waals surface area contributed by atoms with E-state index in [0.717, 1.165) is 55.2 Å². The van der Waals surface area contributed by atoms with Gasteiger partial charge in [-0.2, -0.15) is 0 Å². The second-order valence-electron chi connectivity index (χ2n) is 7.17. The smallest absolute Gasteiger partial charge is 0.238 e. The van der Waals surface area contributed by atoms with Crippen molar-refractivity contribution in [1.29, 1.82) is 0 Å². The second kappa shape index (κ2) is 8.43. The van der Waals surface area contributed by atoms with Gasteiger partial charge in [0.2, 0.25) is 5.91 Å². The number of rotatable bonds is 5. The first kappa shape index (κ1) is 18.5. The van der Waals surface area contributed by atoms with E-state index in [1.165, 1.54) is 5.56 Å². The molecule has 0 unspecified atom stereocenters. The number of amides is 1. The Bertz CT molecular complexity index is 766. The van der Waals surface area contributed by atoms with Crippen molar-refractivity contribution in [1.82, 2.24) is 14.8 Å². The fourth-order valence-electron chi connectivity index (χ4n) is 3.29. The third kappa shape index (κ3) is 4.90. The van der Waals surface area contributed by atoms with Crippen LogP contribution in [0.15, 0.2) is 36.5 Å². The monoisotopic (exact) mass is 352 g/mol. The maximum absolute atomic E-state index is 12.4. The predicted octanol–water partition coefficient (Wildman–Crippen LogP) is 2.76. The Kier molecular flexibility index (Phi) is 6.01. The molecule has 1 aromatic heterocycles. The highest BCUT2D eigenvalue weighted by atomic mass is 16.2. The molecule has 1 aliphatic rings. The van der Waals surface area contributed by atoms with E-state index in [1.807, 2.05) is 38.2 Å². The van der Waals surface area contributed by atoms with Crippen LogP contribution < -0.4 is 5.32 Å². The zero-order chi connectivity index (χ0) is 18.5. The number of benzene rings is 1. The standard InChI is InChI=1S/C21H28N4O/c1-16-6-7-17(2)20(13-16)23-21(26)15-25-11-9-24(10-12-25)14-19-5-4-8-22-18(19)3/h4-8,13H,9-12,14-15H2,1-3H3,(H,23,26). The number of nitrogens with zero attached hydrogens (tertiary/aromatic N) is 3. The first-order chi connectivity index (χ1) is 12.5. The van der Waals surface area contributed by atoms with E-state index in [-0.39, 0.29) is 5.91 Å². The number of carbonyl (C=O) groups excluding carboxylic acids is 1. The number of hydrogen-bond donors (Lipinski definition) is 1. The van der Waals surface area contributed by atoms with Gasteiger partial charge < -0.3 is 5.32 Å². The molecule has 0 spiro atoms. The van der Waals surface area contributed by atoms with Crippen molar-refractivity contribution in [2.24, 2.45) is 0 Å². The molecular formula is C21H28N4O. The summed E-state index contributed by atoms with van der Waals surface area (Å²) in [7, 11) is 0. The summed E-state index contributed by atoms with van der Waals surface area (Å²) in [5.74, 6) is 0.0650. The fourth-order valence-corrected chi connectivity index (χ4v) is 3.29. The minimum Gasteiger partial charge on any atom is -0.325 e. The maximum atomic E-state index is 12.4. The van der Waals surface area contributed by atoms with Gasteiger partial charge in [-0.15, -0.1) is 0 Å². The summed E-state index contributed by atoms with van der Waals surface area (Å²) in [6, 6.07) is 10.3. The molecule has 1 aliphatic heterocycles. The Labute approximate surface area is 156 Å². The van der Waals surface area contributed by atoms with Gasteiger partial charge in [0.15, 0.2) is 0 Å². The summed E-state index contributed by atoms with van der Waals surface area (Å²) >= 11 is 0. The van der Waals surface area contributed by atoms with Gasteiger partial charge in [0.05, 0.1) is 6.54 Å². The van der Waals surface area contributed by atoms with Crippen LogP contribution in [0.4, 0.5) is 5.69 Å². The predicted molar refractivity (Wildman–Crippen MR) is 105 cm³/mol. The molecule has 26 heavy (non-hydrogen) atoms. The second-order valence-corrected chi connectivity index (χ2v) is 7.17. The molecule has 0 radical (unpaired) electrons. The number of piperazine rings is 1. The van der Waals surface area contributed by atoms with Crippen molar-refractivity contribution < 1.29 is 4.79 Å². The molecule has 1 saturated heterocycles. The Balaban J connectivity index is 1.47. The molecule has 2 aromatic rings. The van der Waals surface area contributed by atoms with Crippen molar-refractivity contribution in [3.63, 3.8) is 0 Å². The first-order valence-electron chi connectivity index (χ1n) is 9.23. The van der Waals surface area contributed by atoms with Crippen LogP contribution in [0.3, 0.4) is 0 Å². The van der Waals surface area contributed by atoms with Crippen molar-refractivity contribution >= 4 is 11.6 Å². The number of carbonyl (C=O) groups is 1. The minimum atomic E-state index is 0.0650. The molecule has 5 nitrogen and oxygen atoms in total. The van der Waals surface area contributed by atoms with E-state index in [1.54, 1.807) is 0 Å². The summed E-state index contributed by atoms with van der Waals surface area (Å²) in [5.41, 5.74) is 5.56. The lowest BCUT2D eigenvalue weighted by Crippen LogP contribution is -2.48. The summed E-state index contributed by atoms with van der Waals surface area (Å²) in [6.07, 6.45) is 1.84. The number of anilines is 1. The topological polar surface area (TPSA) is 48.5 Å². The van der Waals surface area contributed by atoms with Crippen molar-refractivity contribution in [2.45, 2.75) is 27.3 Å². The van der Waals surface area contributed by atoms with Crippen molar-refractivity contribution in [3.8, 4) is 0 Å². The average molecular weight is 352 g/mol. The molecule has 1 N–H and O–H groups in total. The van der Waals surface area contributed by atoms with Gasteiger partial charge in [-0.1, -0.05) is 18.2 Å². The van der Waals surface area contributed by atoms with E-state index in [0.29, 0.717) is 6.54 Å². The lowest BCUT2D eigenvalue weighted by molar-refractivity contribution is -0.117. The molecule has 0 aliphatic carbocycles. The van der Waals surface area contributed by atoms with Gasteiger partial charge in [0.1, 0.15) is 0 Å². The van der Waals surface area contributed by atoms with E-state index in [2.05, 4.69) is 39.2 Å². The van der Waals surface area contributed by atoms with Crippen LogP contribution in [0.2, 0.25) is 0 Å². The van der Waals surface area contributed by atoms with Crippen LogP contribution in [0.5, 0.6) is 0 Å². The van der Waals surface area contributed by atoms with Crippen LogP contribution in [0.25, 0.3) is 0 Å². The van der Waals surface area contributed by atoms with Crippen LogP contribution in [0.1, 0.15) is 22.4 Å². The summed E-state index contributed by atoms with van der Waals surface area (Å²) in [6.45, 7) is 11.3. The molecule has 0 saturated carbocycles. The molecule has 0 atom stereocenters. The highest BCUT2D eigenvalue weighted by Gasteiger charge is 2.19. The summed E-state index contributed by atoms with van der Waals surface area (Å²) in [4.78, 5) is 21.4. The van der Waals surface area contributed by atoms with Gasteiger partial charge in [0, 0.05) is 50.3 Å². The number of aryl methyl sites for hydroxylation is 3. The molecule has 5 heteroatoms. The van der Waals surface area contributed by atoms with E-state index < -0.39 is 0 Å². The zero-order valence-electron chi connectivity index (χ0n) is 16.0. The van der Waals surface area contributed by atoms with E-state index in [9.17, 15) is 4.79 Å². The summed E-state index contributed by atoms with van der Waals surface area (Å²) in [5, 5.41) is 3.05. The summed E-state index contributed by atoms with van der Waals surface area (Å²) < 4.78 is 0. The van der Waals surface area contributed by atoms with E-state index >= 15 is 0 Å². The quantitative estimate of drug-likeness (QED) is 0.899. The molecule has 0 bridgehead atoms. The minimum absolute atomic E-state index is 0.0650. The lowest BCUT2D eigenvalue weighted by atomic mass is 10.1. The van der Waals surface area contributed by atoms with Gasteiger partial charge in [-0.25, -0.2) is 0 Å². The van der Waals surface area contributed by atoms with Gasteiger partial charge in [-0.05, 0) is 49.6 Å². The first-order valence-corrected chi connectivity index (χ1v) is 9.23. The third-order valence-electron chi connectivity index (χ3n) is 5.01. The van der Waals surface area contributed by atoms with Gasteiger partial charge in [-0.3, -0.25) is 19.6 Å². The zero-order valence-corrected chi connectivity index (χ0v) is 16.0. The number of aromatic nitrogens is 1. The number of nitrogens with one attached hydrogen (secondary N) is 1. The van der Waals surface area contributed by atoms with Crippen molar-refractivity contribution in [3.05, 3.63) is 58.9 Å².